The Morgan fingerprint density at radius 3 is 2.18 bits per heavy atom. The number of aromatic nitrogens is 1. The van der Waals surface area contributed by atoms with Crippen molar-refractivity contribution >= 4 is 33.5 Å². The highest BCUT2D eigenvalue weighted by Gasteiger charge is 2.25. The maximum absolute atomic E-state index is 13.6. The average Bonchev–Trinajstić information content (AvgIpc) is 3.31. The number of carbonyl (C=O) groups excluding carboxylic acids is 1. The number of carbonyl (C=O) groups is 1. The Hall–Kier alpha value is -4.57. The molecule has 7 nitrogen and oxygen atoms in total. The Morgan fingerprint density at radius 1 is 0.949 bits per heavy atom. The Balaban J connectivity index is 1.80. The van der Waals surface area contributed by atoms with Gasteiger partial charge in [-0.3, -0.25) is 18.5 Å². The summed E-state index contributed by atoms with van der Waals surface area (Å²) >= 11 is 0. The first-order chi connectivity index (χ1) is 18.7. The topological polar surface area (TPSA) is 84.6 Å². The number of furan rings is 1. The second kappa shape index (κ2) is 10.3. The van der Waals surface area contributed by atoms with Crippen LogP contribution in [0.25, 0.3) is 39.1 Å². The average molecular weight is 548 g/mol. The molecule has 0 bridgehead atoms. The highest BCUT2D eigenvalue weighted by molar-refractivity contribution is 7.85. The van der Waals surface area contributed by atoms with Gasteiger partial charge in [0.25, 0.3) is 11.5 Å². The van der Waals surface area contributed by atoms with Crippen LogP contribution in [-0.2, 0) is 11.0 Å². The molecule has 5 rings (SSSR count). The van der Waals surface area contributed by atoms with E-state index in [9.17, 15) is 22.6 Å². The normalized spacial score (nSPS) is 11.9. The fourth-order valence-corrected chi connectivity index (χ4v) is 4.80. The number of halogens is 2. The fraction of sp³-hybridized carbons (Fsp3) is 0.103. The second-order valence-electron chi connectivity index (χ2n) is 8.78. The molecule has 1 atom stereocenters. The van der Waals surface area contributed by atoms with E-state index in [4.69, 9.17) is 4.42 Å². The van der Waals surface area contributed by atoms with E-state index >= 15 is 0 Å². The zero-order valence-corrected chi connectivity index (χ0v) is 22.0. The van der Waals surface area contributed by atoms with E-state index in [1.165, 1.54) is 72.5 Å². The Bertz CT molecular complexity index is 1800. The number of amides is 1. The lowest BCUT2D eigenvalue weighted by atomic mass is 9.99. The molecule has 5 aromatic rings. The van der Waals surface area contributed by atoms with E-state index < -0.39 is 28.5 Å². The van der Waals surface area contributed by atoms with Crippen LogP contribution in [-0.4, -0.2) is 35.0 Å². The lowest BCUT2D eigenvalue weighted by Gasteiger charge is -2.20. The summed E-state index contributed by atoms with van der Waals surface area (Å²) in [6.07, 6.45) is 3.13. The van der Waals surface area contributed by atoms with Crippen LogP contribution >= 0.6 is 0 Å². The molecule has 0 spiro atoms. The van der Waals surface area contributed by atoms with E-state index in [1.807, 2.05) is 0 Å². The number of hydrogen-bond donors (Lipinski definition) is 1. The van der Waals surface area contributed by atoms with Gasteiger partial charge < -0.3 is 9.73 Å². The van der Waals surface area contributed by atoms with Crippen LogP contribution in [0.2, 0.25) is 0 Å². The molecule has 0 radical (unpaired) electrons. The van der Waals surface area contributed by atoms with Gasteiger partial charge in [0.15, 0.2) is 0 Å². The molecule has 2 aromatic heterocycles. The molecule has 0 aliphatic rings. The largest absolute Gasteiger partial charge is 0.455 e. The van der Waals surface area contributed by atoms with Crippen molar-refractivity contribution in [2.45, 2.75) is 0 Å². The number of benzene rings is 3. The van der Waals surface area contributed by atoms with E-state index in [2.05, 4.69) is 5.32 Å². The van der Waals surface area contributed by atoms with Gasteiger partial charge in [0.2, 0.25) is 0 Å². The summed E-state index contributed by atoms with van der Waals surface area (Å²) < 4.78 is 48.7. The fourth-order valence-electron chi connectivity index (χ4n) is 4.37. The van der Waals surface area contributed by atoms with Crippen LogP contribution in [0.4, 0.5) is 14.5 Å². The summed E-state index contributed by atoms with van der Waals surface area (Å²) in [6, 6.07) is 17.5. The van der Waals surface area contributed by atoms with Gasteiger partial charge >= 0.3 is 0 Å². The van der Waals surface area contributed by atoms with Crippen LogP contribution in [0, 0.1) is 11.6 Å². The molecule has 1 N–H and O–H groups in total. The first-order valence-corrected chi connectivity index (χ1v) is 13.3. The molecule has 198 valence electrons. The molecule has 0 fully saturated rings. The Labute approximate surface area is 224 Å². The predicted octanol–water partition coefficient (Wildman–Crippen LogP) is 5.29. The molecule has 0 saturated carbocycles. The van der Waals surface area contributed by atoms with Crippen molar-refractivity contribution < 1.29 is 22.2 Å². The Morgan fingerprint density at radius 2 is 1.56 bits per heavy atom. The van der Waals surface area contributed by atoms with Gasteiger partial charge in [-0.1, -0.05) is 0 Å². The van der Waals surface area contributed by atoms with E-state index in [0.717, 1.165) is 0 Å². The van der Waals surface area contributed by atoms with Crippen molar-refractivity contribution in [3.8, 4) is 28.1 Å². The summed E-state index contributed by atoms with van der Waals surface area (Å²) in [7, 11) is 1.73. The first-order valence-electron chi connectivity index (χ1n) is 11.8. The van der Waals surface area contributed by atoms with Gasteiger partial charge in [-0.25, -0.2) is 13.0 Å². The third-order valence-corrected chi connectivity index (χ3v) is 7.39. The van der Waals surface area contributed by atoms with Gasteiger partial charge in [0.1, 0.15) is 34.0 Å². The summed E-state index contributed by atoms with van der Waals surface area (Å²) in [5.41, 5.74) is 2.93. The number of hydrogen-bond acceptors (Lipinski definition) is 4. The van der Waals surface area contributed by atoms with Gasteiger partial charge in [-0.05, 0) is 60.7 Å². The smallest absolute Gasteiger partial charge is 0.255 e. The van der Waals surface area contributed by atoms with Crippen molar-refractivity contribution in [3.63, 3.8) is 0 Å². The molecule has 0 aliphatic heterocycles. The number of anilines is 1. The van der Waals surface area contributed by atoms with Crippen molar-refractivity contribution in [1.29, 1.82) is 0 Å². The number of nitrogens with zero attached hydrogens (tertiary/aromatic N) is 2. The van der Waals surface area contributed by atoms with E-state index in [0.29, 0.717) is 39.0 Å². The molecule has 1 amide bonds. The van der Waals surface area contributed by atoms with Crippen LogP contribution in [0.3, 0.4) is 0 Å². The third kappa shape index (κ3) is 4.86. The van der Waals surface area contributed by atoms with Gasteiger partial charge in [0, 0.05) is 66.4 Å². The van der Waals surface area contributed by atoms with Crippen LogP contribution < -0.4 is 15.2 Å². The Kier molecular flexibility index (Phi) is 6.88. The highest BCUT2D eigenvalue weighted by atomic mass is 32.2. The molecular formula is C29H23F2N3O4S. The van der Waals surface area contributed by atoms with Gasteiger partial charge in [0.05, 0.1) is 11.3 Å². The molecule has 2 heterocycles. The molecular weight excluding hydrogens is 524 g/mol. The van der Waals surface area contributed by atoms with E-state index in [1.54, 1.807) is 35.7 Å². The second-order valence-corrected chi connectivity index (χ2v) is 10.2. The maximum Gasteiger partial charge on any atom is 0.255 e. The summed E-state index contributed by atoms with van der Waals surface area (Å²) in [5.74, 6) is -1.01. The SMILES string of the molecule is CNC(=O)c1c(-c2ccc(F)cc2)oc2cc(N(C)S(C)=O)c(-c3ccc(=O)n(-c4ccc(F)cc4)c3)cc12. The monoisotopic (exact) mass is 547 g/mol. The highest BCUT2D eigenvalue weighted by Crippen LogP contribution is 2.41. The first kappa shape index (κ1) is 26.1. The third-order valence-electron chi connectivity index (χ3n) is 6.42. The zero-order chi connectivity index (χ0) is 27.8. The summed E-state index contributed by atoms with van der Waals surface area (Å²) in [6.45, 7) is 0. The maximum atomic E-state index is 13.6. The minimum absolute atomic E-state index is 0.249. The van der Waals surface area contributed by atoms with Crippen molar-refractivity contribution in [3.05, 3.63) is 107 Å². The van der Waals surface area contributed by atoms with Crippen LogP contribution in [0.1, 0.15) is 10.4 Å². The molecule has 3 aromatic carbocycles. The number of rotatable bonds is 6. The lowest BCUT2D eigenvalue weighted by molar-refractivity contribution is 0.0964. The quantitative estimate of drug-likeness (QED) is 0.313. The molecule has 10 heteroatoms. The minimum atomic E-state index is -1.42. The van der Waals surface area contributed by atoms with Crippen LogP contribution in [0.5, 0.6) is 0 Å². The number of nitrogens with one attached hydrogen (secondary N) is 1. The summed E-state index contributed by atoms with van der Waals surface area (Å²) in [4.78, 5) is 25.8. The summed E-state index contributed by atoms with van der Waals surface area (Å²) in [5, 5.41) is 3.10. The van der Waals surface area contributed by atoms with Crippen molar-refractivity contribution in [1.82, 2.24) is 9.88 Å². The predicted molar refractivity (Wildman–Crippen MR) is 148 cm³/mol. The molecule has 1 unspecified atom stereocenters. The van der Waals surface area contributed by atoms with E-state index in [-0.39, 0.29) is 16.9 Å². The number of pyridine rings is 1. The van der Waals surface area contributed by atoms with Crippen LogP contribution in [0.15, 0.2) is 88.2 Å². The standard InChI is InChI=1S/C29H23F2N3O4S/c1-32-29(36)27-23-14-22(18-6-13-26(35)34(16-18)21-11-9-20(31)10-12-21)24(33(2)39(3)37)15-25(23)38-28(27)17-4-7-19(30)8-5-17/h4-16H,1-3H3,(H,32,36). The van der Waals surface area contributed by atoms with Gasteiger partial charge in [-0.15, -0.1) is 0 Å². The van der Waals surface area contributed by atoms with Crippen molar-refractivity contribution in [2.24, 2.45) is 0 Å². The molecule has 0 aliphatic carbocycles. The minimum Gasteiger partial charge on any atom is -0.455 e. The molecule has 39 heavy (non-hydrogen) atoms. The zero-order valence-electron chi connectivity index (χ0n) is 21.2. The molecule has 0 saturated heterocycles. The lowest BCUT2D eigenvalue weighted by Crippen LogP contribution is -2.20. The van der Waals surface area contributed by atoms with Gasteiger partial charge in [-0.2, -0.15) is 0 Å². The number of fused-ring (bicyclic) bond motifs is 1. The van der Waals surface area contributed by atoms with Crippen molar-refractivity contribution in [2.75, 3.05) is 24.7 Å².